The van der Waals surface area contributed by atoms with Gasteiger partial charge in [0.1, 0.15) is 5.69 Å². The molecule has 7 nitrogen and oxygen atoms in total. The van der Waals surface area contributed by atoms with Gasteiger partial charge in [0.15, 0.2) is 0 Å². The van der Waals surface area contributed by atoms with Gasteiger partial charge in [0, 0.05) is 36.7 Å². The van der Waals surface area contributed by atoms with Crippen LogP contribution in [0.1, 0.15) is 23.1 Å². The highest BCUT2D eigenvalue weighted by Gasteiger charge is 2.16. The molecule has 1 heterocycles. The number of aromatic nitrogens is 2. The van der Waals surface area contributed by atoms with E-state index in [4.69, 9.17) is 0 Å². The Morgan fingerprint density at radius 3 is 2.36 bits per heavy atom. The molecule has 2 N–H and O–H groups in total. The molecule has 0 unspecified atom stereocenters. The van der Waals surface area contributed by atoms with Crippen molar-refractivity contribution in [3.63, 3.8) is 0 Å². The van der Waals surface area contributed by atoms with Crippen LogP contribution in [0.25, 0.3) is 0 Å². The van der Waals surface area contributed by atoms with Gasteiger partial charge in [0.25, 0.3) is 5.91 Å². The molecule has 0 spiro atoms. The van der Waals surface area contributed by atoms with Crippen molar-refractivity contribution in [3.05, 3.63) is 72.1 Å². The van der Waals surface area contributed by atoms with Crippen molar-refractivity contribution in [2.75, 3.05) is 22.6 Å². The minimum Gasteiger partial charge on any atom is -0.326 e. The molecule has 0 saturated carbocycles. The summed E-state index contributed by atoms with van der Waals surface area (Å²) in [6.07, 6.45) is 0. The first-order valence-electron chi connectivity index (χ1n) is 8.76. The molecule has 0 aliphatic heterocycles. The lowest BCUT2D eigenvalue weighted by molar-refractivity contribution is -0.114. The molecule has 0 fully saturated rings. The highest BCUT2D eigenvalue weighted by atomic mass is 16.2. The number of carbonyl (C=O) groups is 2. The van der Waals surface area contributed by atoms with Crippen molar-refractivity contribution in [3.8, 4) is 0 Å². The van der Waals surface area contributed by atoms with E-state index in [1.165, 1.54) is 6.92 Å². The van der Waals surface area contributed by atoms with Crippen molar-refractivity contribution in [1.29, 1.82) is 0 Å². The number of hydrogen-bond acceptors (Lipinski definition) is 5. The van der Waals surface area contributed by atoms with Crippen molar-refractivity contribution in [2.24, 2.45) is 0 Å². The Morgan fingerprint density at radius 2 is 1.64 bits per heavy atom. The predicted molar refractivity (Wildman–Crippen MR) is 110 cm³/mol. The van der Waals surface area contributed by atoms with Gasteiger partial charge in [-0.2, -0.15) is 0 Å². The van der Waals surface area contributed by atoms with E-state index in [9.17, 15) is 9.59 Å². The topological polar surface area (TPSA) is 87.2 Å². The third kappa shape index (κ3) is 4.70. The fraction of sp³-hybridized carbons (Fsp3) is 0.143. The molecule has 28 heavy (non-hydrogen) atoms. The van der Waals surface area contributed by atoms with E-state index in [1.807, 2.05) is 36.4 Å². The van der Waals surface area contributed by atoms with Gasteiger partial charge in [-0.15, -0.1) is 0 Å². The fourth-order valence-electron chi connectivity index (χ4n) is 2.68. The van der Waals surface area contributed by atoms with E-state index >= 15 is 0 Å². The van der Waals surface area contributed by atoms with Gasteiger partial charge >= 0.3 is 0 Å². The van der Waals surface area contributed by atoms with Crippen LogP contribution in [-0.4, -0.2) is 28.8 Å². The zero-order chi connectivity index (χ0) is 20.1. The Morgan fingerprint density at radius 1 is 0.929 bits per heavy atom. The predicted octanol–water partition coefficient (Wildman–Crippen LogP) is 3.76. The van der Waals surface area contributed by atoms with Crippen molar-refractivity contribution < 1.29 is 9.59 Å². The lowest BCUT2D eigenvalue weighted by Gasteiger charge is -2.17. The maximum absolute atomic E-state index is 12.8. The van der Waals surface area contributed by atoms with Crippen LogP contribution in [0.15, 0.2) is 60.7 Å². The molecule has 0 aliphatic carbocycles. The molecule has 3 rings (SSSR count). The second-order valence-electron chi connectivity index (χ2n) is 6.30. The van der Waals surface area contributed by atoms with E-state index in [1.54, 1.807) is 43.1 Å². The van der Waals surface area contributed by atoms with E-state index in [0.717, 1.165) is 5.69 Å². The third-order valence-corrected chi connectivity index (χ3v) is 3.96. The molecule has 1 aromatic heterocycles. The van der Waals surface area contributed by atoms with Gasteiger partial charge in [-0.05, 0) is 43.3 Å². The lowest BCUT2D eigenvalue weighted by atomic mass is 10.2. The average Bonchev–Trinajstić information content (AvgIpc) is 2.67. The number of para-hydroxylation sites is 1. The summed E-state index contributed by atoms with van der Waals surface area (Å²) in [6.45, 7) is 3.25. The molecule has 0 aliphatic rings. The number of anilines is 4. The van der Waals surface area contributed by atoms with E-state index < -0.39 is 0 Å². The number of amides is 2. The first kappa shape index (κ1) is 19.0. The molecule has 3 aromatic rings. The molecule has 0 saturated heterocycles. The summed E-state index contributed by atoms with van der Waals surface area (Å²) >= 11 is 0. The van der Waals surface area contributed by atoms with Crippen LogP contribution >= 0.6 is 0 Å². The quantitative estimate of drug-likeness (QED) is 0.709. The Kier molecular flexibility index (Phi) is 5.64. The second-order valence-corrected chi connectivity index (χ2v) is 6.30. The van der Waals surface area contributed by atoms with Crippen LogP contribution in [0.4, 0.5) is 23.0 Å². The summed E-state index contributed by atoms with van der Waals surface area (Å²) in [5.41, 5.74) is 3.10. The number of aryl methyl sites for hydroxylation is 1. The maximum Gasteiger partial charge on any atom is 0.276 e. The summed E-state index contributed by atoms with van der Waals surface area (Å²) in [5.74, 6) is -0.0719. The SMILES string of the molecule is CC(=O)Nc1cccc(Nc2nc(C)cc(C(=O)N(C)c3ccccc3)n2)c1. The van der Waals surface area contributed by atoms with Crippen molar-refractivity contribution >= 4 is 34.8 Å². The van der Waals surface area contributed by atoms with Crippen LogP contribution in [0.2, 0.25) is 0 Å². The number of rotatable bonds is 5. The first-order chi connectivity index (χ1) is 13.4. The van der Waals surface area contributed by atoms with E-state index in [-0.39, 0.29) is 11.8 Å². The van der Waals surface area contributed by atoms with Gasteiger partial charge in [0.05, 0.1) is 0 Å². The second kappa shape index (κ2) is 8.30. The van der Waals surface area contributed by atoms with Gasteiger partial charge in [-0.25, -0.2) is 9.97 Å². The molecular formula is C21H21N5O2. The molecule has 2 amide bonds. The third-order valence-electron chi connectivity index (χ3n) is 3.96. The highest BCUT2D eigenvalue weighted by molar-refractivity contribution is 6.04. The summed E-state index contributed by atoms with van der Waals surface area (Å²) in [4.78, 5) is 34.3. The average molecular weight is 375 g/mol. The highest BCUT2D eigenvalue weighted by Crippen LogP contribution is 2.20. The van der Waals surface area contributed by atoms with Gasteiger partial charge < -0.3 is 15.5 Å². The molecule has 0 bridgehead atoms. The summed E-state index contributed by atoms with van der Waals surface area (Å²) in [6, 6.07) is 18.2. The van der Waals surface area contributed by atoms with Crippen LogP contribution in [0, 0.1) is 6.92 Å². The van der Waals surface area contributed by atoms with E-state index in [2.05, 4.69) is 20.6 Å². The van der Waals surface area contributed by atoms with Crippen LogP contribution < -0.4 is 15.5 Å². The zero-order valence-corrected chi connectivity index (χ0v) is 15.9. The summed E-state index contributed by atoms with van der Waals surface area (Å²) in [7, 11) is 1.71. The number of carbonyl (C=O) groups excluding carboxylic acids is 2. The summed E-state index contributed by atoms with van der Waals surface area (Å²) < 4.78 is 0. The molecule has 7 heteroatoms. The van der Waals surface area contributed by atoms with Gasteiger partial charge in [0.2, 0.25) is 11.9 Å². The Bertz CT molecular complexity index is 1000. The Labute approximate surface area is 163 Å². The summed E-state index contributed by atoms with van der Waals surface area (Å²) in [5, 5.41) is 5.81. The normalized spacial score (nSPS) is 10.2. The smallest absolute Gasteiger partial charge is 0.276 e. The number of benzene rings is 2. The van der Waals surface area contributed by atoms with Gasteiger partial charge in [-0.3, -0.25) is 9.59 Å². The first-order valence-corrected chi connectivity index (χ1v) is 8.76. The molecule has 0 atom stereocenters. The van der Waals surface area contributed by atoms with Gasteiger partial charge in [-0.1, -0.05) is 24.3 Å². The van der Waals surface area contributed by atoms with Crippen LogP contribution in [0.5, 0.6) is 0 Å². The Hall–Kier alpha value is -3.74. The minimum absolute atomic E-state index is 0.152. The molecule has 0 radical (unpaired) electrons. The number of hydrogen-bond donors (Lipinski definition) is 2. The Balaban J connectivity index is 1.84. The lowest BCUT2D eigenvalue weighted by Crippen LogP contribution is -2.27. The zero-order valence-electron chi connectivity index (χ0n) is 15.9. The number of nitrogens with zero attached hydrogens (tertiary/aromatic N) is 3. The monoisotopic (exact) mass is 375 g/mol. The molecular weight excluding hydrogens is 354 g/mol. The van der Waals surface area contributed by atoms with Crippen molar-refractivity contribution in [1.82, 2.24) is 9.97 Å². The molecule has 142 valence electrons. The van der Waals surface area contributed by atoms with E-state index in [0.29, 0.717) is 28.7 Å². The van der Waals surface area contributed by atoms with Crippen LogP contribution in [0.3, 0.4) is 0 Å². The standard InChI is InChI=1S/C21H21N5O2/c1-14-12-19(20(28)26(3)18-10-5-4-6-11-18)25-21(22-14)24-17-9-7-8-16(13-17)23-15(2)27/h4-13H,1-3H3,(H,23,27)(H,22,24,25). The molecule has 2 aromatic carbocycles. The minimum atomic E-state index is -0.230. The van der Waals surface area contributed by atoms with Crippen LogP contribution in [-0.2, 0) is 4.79 Å². The number of nitrogens with one attached hydrogen (secondary N) is 2. The largest absolute Gasteiger partial charge is 0.326 e. The van der Waals surface area contributed by atoms with Crippen molar-refractivity contribution in [2.45, 2.75) is 13.8 Å². The fourth-order valence-corrected chi connectivity index (χ4v) is 2.68. The maximum atomic E-state index is 12.8.